The molecule has 5 heteroatoms. The van der Waals surface area contributed by atoms with Crippen molar-refractivity contribution in [3.8, 4) is 0 Å². The third kappa shape index (κ3) is 2.52. The Balaban J connectivity index is 1.57. The number of fused-ring (bicyclic) bond motifs is 2. The minimum Gasteiger partial charge on any atom is -0.383 e. The standard InChI is InChI=1S/C13H22N4O/c1-18-7-6-17-10-12(8-14-17)15-13-3-5-16-4-2-11(13)9-16/h8,10-11,13,15H,2-7,9H2,1H3. The quantitative estimate of drug-likeness (QED) is 0.848. The zero-order valence-corrected chi connectivity index (χ0v) is 11.0. The van der Waals surface area contributed by atoms with Gasteiger partial charge in [-0.3, -0.25) is 4.68 Å². The fraction of sp³-hybridized carbons (Fsp3) is 0.769. The molecule has 18 heavy (non-hydrogen) atoms. The van der Waals surface area contributed by atoms with E-state index in [2.05, 4.69) is 21.5 Å². The molecular weight excluding hydrogens is 228 g/mol. The topological polar surface area (TPSA) is 42.3 Å². The molecule has 3 atom stereocenters. The second-order valence-corrected chi connectivity index (χ2v) is 5.37. The predicted octanol–water partition coefficient (Wildman–Crippen LogP) is 1.04. The Hall–Kier alpha value is -1.07. The zero-order valence-electron chi connectivity index (χ0n) is 11.0. The summed E-state index contributed by atoms with van der Waals surface area (Å²) in [6.07, 6.45) is 6.61. The fourth-order valence-corrected chi connectivity index (χ4v) is 3.10. The molecule has 2 aliphatic rings. The molecule has 0 spiro atoms. The maximum absolute atomic E-state index is 5.06. The Bertz CT molecular complexity index is 392. The molecule has 5 nitrogen and oxygen atoms in total. The predicted molar refractivity (Wildman–Crippen MR) is 70.7 cm³/mol. The lowest BCUT2D eigenvalue weighted by Crippen LogP contribution is -2.39. The van der Waals surface area contributed by atoms with Gasteiger partial charge in [0.05, 0.1) is 25.0 Å². The minimum atomic E-state index is 0.629. The summed E-state index contributed by atoms with van der Waals surface area (Å²) in [4.78, 5) is 2.57. The van der Waals surface area contributed by atoms with Crippen LogP contribution in [0.2, 0.25) is 0 Å². The molecular formula is C13H22N4O. The summed E-state index contributed by atoms with van der Waals surface area (Å²) in [7, 11) is 1.72. The third-order valence-electron chi connectivity index (χ3n) is 4.14. The first-order chi connectivity index (χ1) is 8.85. The van der Waals surface area contributed by atoms with Crippen molar-refractivity contribution in [2.24, 2.45) is 5.92 Å². The molecule has 2 saturated heterocycles. The Morgan fingerprint density at radius 2 is 2.33 bits per heavy atom. The summed E-state index contributed by atoms with van der Waals surface area (Å²) < 4.78 is 7.00. The van der Waals surface area contributed by atoms with Crippen LogP contribution in [0, 0.1) is 5.92 Å². The molecule has 0 amide bonds. The highest BCUT2D eigenvalue weighted by molar-refractivity contribution is 5.39. The van der Waals surface area contributed by atoms with Gasteiger partial charge in [-0.05, 0) is 25.3 Å². The van der Waals surface area contributed by atoms with Crippen LogP contribution in [0.1, 0.15) is 12.8 Å². The summed E-state index contributed by atoms with van der Waals surface area (Å²) in [5.41, 5.74) is 1.15. The number of anilines is 1. The van der Waals surface area contributed by atoms with Crippen LogP contribution in [0.25, 0.3) is 0 Å². The lowest BCUT2D eigenvalue weighted by atomic mass is 9.94. The van der Waals surface area contributed by atoms with Crippen molar-refractivity contribution < 1.29 is 4.74 Å². The summed E-state index contributed by atoms with van der Waals surface area (Å²) >= 11 is 0. The van der Waals surface area contributed by atoms with E-state index in [0.29, 0.717) is 12.6 Å². The first kappa shape index (κ1) is 12.0. The Morgan fingerprint density at radius 1 is 1.44 bits per heavy atom. The lowest BCUT2D eigenvalue weighted by Gasteiger charge is -2.31. The summed E-state index contributed by atoms with van der Waals surface area (Å²) in [6.45, 7) is 5.33. The number of rotatable bonds is 5. The highest BCUT2D eigenvalue weighted by atomic mass is 16.5. The van der Waals surface area contributed by atoms with Gasteiger partial charge in [-0.2, -0.15) is 5.10 Å². The molecule has 0 aliphatic carbocycles. The van der Waals surface area contributed by atoms with Gasteiger partial charge in [0.15, 0.2) is 0 Å². The number of hydrogen-bond acceptors (Lipinski definition) is 4. The highest BCUT2D eigenvalue weighted by Gasteiger charge is 2.34. The molecule has 0 saturated carbocycles. The first-order valence-corrected chi connectivity index (χ1v) is 6.85. The van der Waals surface area contributed by atoms with E-state index in [1.165, 1.54) is 32.5 Å². The normalized spacial score (nSPS) is 30.6. The van der Waals surface area contributed by atoms with E-state index in [-0.39, 0.29) is 0 Å². The number of methoxy groups -OCH3 is 1. The molecule has 3 unspecified atom stereocenters. The number of ether oxygens (including phenoxy) is 1. The monoisotopic (exact) mass is 250 g/mol. The van der Waals surface area contributed by atoms with Crippen LogP contribution < -0.4 is 5.32 Å². The molecule has 2 bridgehead atoms. The Kier molecular flexibility index (Phi) is 3.52. The Labute approximate surface area is 108 Å². The molecule has 3 heterocycles. The van der Waals surface area contributed by atoms with Gasteiger partial charge in [0, 0.05) is 32.4 Å². The van der Waals surface area contributed by atoms with Gasteiger partial charge in [0.1, 0.15) is 0 Å². The van der Waals surface area contributed by atoms with Crippen LogP contribution in [0.15, 0.2) is 12.4 Å². The molecule has 2 fully saturated rings. The molecule has 0 aromatic carbocycles. The van der Waals surface area contributed by atoms with Crippen LogP contribution in [0.5, 0.6) is 0 Å². The van der Waals surface area contributed by atoms with Gasteiger partial charge in [-0.15, -0.1) is 0 Å². The average molecular weight is 250 g/mol. The van der Waals surface area contributed by atoms with E-state index in [1.807, 2.05) is 10.9 Å². The molecule has 3 rings (SSSR count). The Morgan fingerprint density at radius 3 is 3.22 bits per heavy atom. The smallest absolute Gasteiger partial charge is 0.0728 e. The molecule has 1 N–H and O–H groups in total. The van der Waals surface area contributed by atoms with E-state index >= 15 is 0 Å². The zero-order chi connectivity index (χ0) is 12.4. The van der Waals surface area contributed by atoms with Crippen molar-refractivity contribution in [1.29, 1.82) is 0 Å². The maximum atomic E-state index is 5.06. The van der Waals surface area contributed by atoms with Crippen LogP contribution >= 0.6 is 0 Å². The van der Waals surface area contributed by atoms with Gasteiger partial charge >= 0.3 is 0 Å². The van der Waals surface area contributed by atoms with Crippen molar-refractivity contribution >= 4 is 5.69 Å². The van der Waals surface area contributed by atoms with Gasteiger partial charge < -0.3 is 15.0 Å². The van der Waals surface area contributed by atoms with Crippen LogP contribution in [0.4, 0.5) is 5.69 Å². The molecule has 100 valence electrons. The second-order valence-electron chi connectivity index (χ2n) is 5.37. The van der Waals surface area contributed by atoms with Crippen molar-refractivity contribution in [3.05, 3.63) is 12.4 Å². The summed E-state index contributed by atoms with van der Waals surface area (Å²) in [5, 5.41) is 8.00. The summed E-state index contributed by atoms with van der Waals surface area (Å²) in [6, 6.07) is 0.629. The van der Waals surface area contributed by atoms with Gasteiger partial charge in [0.2, 0.25) is 0 Å². The number of nitrogens with one attached hydrogen (secondary N) is 1. The maximum Gasteiger partial charge on any atom is 0.0728 e. The van der Waals surface area contributed by atoms with Gasteiger partial charge in [-0.25, -0.2) is 0 Å². The minimum absolute atomic E-state index is 0.629. The van der Waals surface area contributed by atoms with Crippen LogP contribution in [-0.4, -0.2) is 54.1 Å². The molecule has 2 aliphatic heterocycles. The fourth-order valence-electron chi connectivity index (χ4n) is 3.10. The number of nitrogens with zero attached hydrogens (tertiary/aromatic N) is 3. The van der Waals surface area contributed by atoms with Crippen molar-refractivity contribution in [2.45, 2.75) is 25.4 Å². The van der Waals surface area contributed by atoms with Crippen molar-refractivity contribution in [3.63, 3.8) is 0 Å². The molecule has 1 aromatic rings. The van der Waals surface area contributed by atoms with Crippen LogP contribution in [-0.2, 0) is 11.3 Å². The SMILES string of the molecule is COCCn1cc(NC2CCN3CCC2C3)cn1. The second kappa shape index (κ2) is 5.28. The largest absolute Gasteiger partial charge is 0.383 e. The number of aromatic nitrogens is 2. The third-order valence-corrected chi connectivity index (χ3v) is 4.14. The molecule has 0 radical (unpaired) electrons. The van der Waals surface area contributed by atoms with Gasteiger partial charge in [-0.1, -0.05) is 0 Å². The number of piperidine rings is 1. The van der Waals surface area contributed by atoms with E-state index in [9.17, 15) is 0 Å². The number of hydrogen-bond donors (Lipinski definition) is 1. The van der Waals surface area contributed by atoms with E-state index < -0.39 is 0 Å². The van der Waals surface area contributed by atoms with E-state index in [0.717, 1.165) is 18.2 Å². The van der Waals surface area contributed by atoms with E-state index in [4.69, 9.17) is 4.74 Å². The summed E-state index contributed by atoms with van der Waals surface area (Å²) in [5.74, 6) is 0.820. The highest BCUT2D eigenvalue weighted by Crippen LogP contribution is 2.29. The van der Waals surface area contributed by atoms with Crippen LogP contribution in [0.3, 0.4) is 0 Å². The van der Waals surface area contributed by atoms with Crippen molar-refractivity contribution in [1.82, 2.24) is 14.7 Å². The average Bonchev–Trinajstić information content (AvgIpc) is 2.98. The lowest BCUT2D eigenvalue weighted by molar-refractivity contribution is 0.183. The van der Waals surface area contributed by atoms with Gasteiger partial charge in [0.25, 0.3) is 0 Å². The van der Waals surface area contributed by atoms with E-state index in [1.54, 1.807) is 7.11 Å². The molecule has 1 aromatic heterocycles. The van der Waals surface area contributed by atoms with Crippen molar-refractivity contribution in [2.75, 3.05) is 38.7 Å². The first-order valence-electron chi connectivity index (χ1n) is 6.85.